The Balaban J connectivity index is 0. The first-order valence-electron chi connectivity index (χ1n) is 4.57. The molecule has 2 unspecified atom stereocenters. The molecule has 0 aliphatic rings. The number of carboxylic acid groups (broad SMARTS) is 2. The molecule has 6 heteroatoms. The van der Waals surface area contributed by atoms with Gasteiger partial charge in [0.05, 0.1) is 0 Å². The molecule has 0 amide bonds. The molecule has 0 saturated carbocycles. The summed E-state index contributed by atoms with van der Waals surface area (Å²) < 4.78 is 0. The molecule has 6 nitrogen and oxygen atoms in total. The van der Waals surface area contributed by atoms with Crippen LogP contribution in [-0.2, 0) is 9.59 Å². The van der Waals surface area contributed by atoms with Gasteiger partial charge < -0.3 is 21.1 Å². The first-order valence-corrected chi connectivity index (χ1v) is 4.57. The molecule has 0 bridgehead atoms. The van der Waals surface area contributed by atoms with Crippen molar-refractivity contribution >= 4 is 11.9 Å². The highest BCUT2D eigenvalue weighted by Gasteiger charge is 2.11. The average molecular weight is 221 g/mol. The fraction of sp³-hybridized carbons (Fsp3) is 0.778. The molecular weight excluding hydrogens is 202 g/mol. The number of nitrogens with two attached hydrogens (primary N) is 1. The fourth-order valence-electron chi connectivity index (χ4n) is 0.609. The summed E-state index contributed by atoms with van der Waals surface area (Å²) in [6.45, 7) is 5.09. The zero-order valence-electron chi connectivity index (χ0n) is 9.17. The van der Waals surface area contributed by atoms with Crippen molar-refractivity contribution in [3.63, 3.8) is 0 Å². The number of aliphatic hydroxyl groups excluding tert-OH is 1. The van der Waals surface area contributed by atoms with E-state index in [2.05, 4.69) is 0 Å². The van der Waals surface area contributed by atoms with Gasteiger partial charge in [-0.15, -0.1) is 0 Å². The van der Waals surface area contributed by atoms with Crippen LogP contribution in [0.1, 0.15) is 27.2 Å². The molecule has 0 aromatic heterocycles. The third kappa shape index (κ3) is 12.9. The summed E-state index contributed by atoms with van der Waals surface area (Å²) in [5.41, 5.74) is 5.22. The van der Waals surface area contributed by atoms with Gasteiger partial charge in [0.2, 0.25) is 0 Å². The van der Waals surface area contributed by atoms with Crippen LogP contribution in [0.5, 0.6) is 0 Å². The van der Waals surface area contributed by atoms with Crippen molar-refractivity contribution in [1.29, 1.82) is 0 Å². The number of carbonyl (C=O) groups is 2. The highest BCUT2D eigenvalue weighted by atomic mass is 16.4. The predicted octanol–water partition coefficient (Wildman–Crippen LogP) is -0.104. The highest BCUT2D eigenvalue weighted by molar-refractivity contribution is 5.73. The topological polar surface area (TPSA) is 121 Å². The number of aliphatic hydroxyl groups is 1. The normalized spacial score (nSPS) is 13.7. The molecule has 0 spiro atoms. The van der Waals surface area contributed by atoms with Gasteiger partial charge in [-0.3, -0.25) is 4.79 Å². The molecule has 90 valence electrons. The van der Waals surface area contributed by atoms with Crippen LogP contribution in [0.4, 0.5) is 0 Å². The zero-order valence-corrected chi connectivity index (χ0v) is 9.17. The molecule has 0 radical (unpaired) electrons. The molecule has 0 saturated heterocycles. The lowest BCUT2D eigenvalue weighted by Crippen LogP contribution is -2.31. The van der Waals surface area contributed by atoms with E-state index in [-0.39, 0.29) is 0 Å². The molecule has 0 aliphatic carbocycles. The summed E-state index contributed by atoms with van der Waals surface area (Å²) in [4.78, 5) is 19.6. The lowest BCUT2D eigenvalue weighted by atomic mass is 10.1. The minimum atomic E-state index is -1.23. The van der Waals surface area contributed by atoms with E-state index in [0.717, 1.165) is 0 Å². The van der Waals surface area contributed by atoms with Crippen molar-refractivity contribution in [3.05, 3.63) is 0 Å². The molecule has 0 aliphatic heterocycles. The maximum absolute atomic E-state index is 10.1. The second kappa shape index (κ2) is 8.19. The Morgan fingerprint density at radius 2 is 1.47 bits per heavy atom. The average Bonchev–Trinajstić information content (AvgIpc) is 2.03. The molecule has 0 aromatic rings. The van der Waals surface area contributed by atoms with Crippen LogP contribution in [0.15, 0.2) is 0 Å². The molecular formula is C9H19NO5. The zero-order chi connectivity index (χ0) is 12.6. The van der Waals surface area contributed by atoms with Crippen molar-refractivity contribution in [2.75, 3.05) is 0 Å². The first kappa shape index (κ1) is 16.3. The lowest BCUT2D eigenvalue weighted by Gasteiger charge is -2.07. The van der Waals surface area contributed by atoms with E-state index in [1.54, 1.807) is 0 Å². The molecule has 0 fully saturated rings. The van der Waals surface area contributed by atoms with Gasteiger partial charge in [0.1, 0.15) is 12.1 Å². The standard InChI is InChI=1S/C6H13NO2.C3H6O3/c1-4(2)3-5(7)6(8)9;1-2(4)3(5)6/h4-5H,3,7H2,1-2H3,(H,8,9);2,4H,1H3,(H,5,6). The Morgan fingerprint density at radius 3 is 1.53 bits per heavy atom. The summed E-state index contributed by atoms with van der Waals surface area (Å²) in [6, 6.07) is -0.690. The Labute approximate surface area is 88.7 Å². The van der Waals surface area contributed by atoms with E-state index in [9.17, 15) is 9.59 Å². The van der Waals surface area contributed by atoms with E-state index < -0.39 is 24.1 Å². The van der Waals surface area contributed by atoms with E-state index in [1.165, 1.54) is 6.92 Å². The number of carboxylic acids is 2. The highest BCUT2D eigenvalue weighted by Crippen LogP contribution is 2.01. The Kier molecular flexibility index (Phi) is 8.90. The number of aliphatic carboxylic acids is 2. The van der Waals surface area contributed by atoms with E-state index in [4.69, 9.17) is 21.1 Å². The number of rotatable bonds is 4. The minimum Gasteiger partial charge on any atom is -0.480 e. The Hall–Kier alpha value is -1.14. The van der Waals surface area contributed by atoms with Gasteiger partial charge >= 0.3 is 11.9 Å². The maximum Gasteiger partial charge on any atom is 0.332 e. The Bertz CT molecular complexity index is 203. The molecule has 0 heterocycles. The minimum absolute atomic E-state index is 0.357. The molecule has 0 rings (SSSR count). The third-order valence-electron chi connectivity index (χ3n) is 1.40. The van der Waals surface area contributed by atoms with Crippen LogP contribution in [0.25, 0.3) is 0 Å². The van der Waals surface area contributed by atoms with Gasteiger partial charge in [-0.1, -0.05) is 13.8 Å². The third-order valence-corrected chi connectivity index (χ3v) is 1.40. The van der Waals surface area contributed by atoms with Gasteiger partial charge in [-0.2, -0.15) is 0 Å². The maximum atomic E-state index is 10.1. The Morgan fingerprint density at radius 1 is 1.13 bits per heavy atom. The SMILES string of the molecule is CC(C)CC(N)C(=O)O.CC(O)C(=O)O. The largest absolute Gasteiger partial charge is 0.480 e. The second-order valence-corrected chi connectivity index (χ2v) is 3.59. The molecule has 2 atom stereocenters. The van der Waals surface area contributed by atoms with Crippen molar-refractivity contribution in [2.45, 2.75) is 39.3 Å². The second-order valence-electron chi connectivity index (χ2n) is 3.59. The number of hydrogen-bond donors (Lipinski definition) is 4. The van der Waals surface area contributed by atoms with Gasteiger partial charge in [0.25, 0.3) is 0 Å². The summed E-state index contributed by atoms with van der Waals surface area (Å²) in [5.74, 6) is -1.74. The first-order chi connectivity index (χ1) is 6.68. The monoisotopic (exact) mass is 221 g/mol. The summed E-state index contributed by atoms with van der Waals surface area (Å²) in [6.07, 6.45) is -0.681. The summed E-state index contributed by atoms with van der Waals surface area (Å²) >= 11 is 0. The van der Waals surface area contributed by atoms with Crippen molar-refractivity contribution in [3.8, 4) is 0 Å². The van der Waals surface area contributed by atoms with Gasteiger partial charge in [0, 0.05) is 0 Å². The van der Waals surface area contributed by atoms with Crippen molar-refractivity contribution < 1.29 is 24.9 Å². The van der Waals surface area contributed by atoms with E-state index >= 15 is 0 Å². The molecule has 0 aromatic carbocycles. The molecule has 5 N–H and O–H groups in total. The quantitative estimate of drug-likeness (QED) is 0.526. The van der Waals surface area contributed by atoms with Gasteiger partial charge in [-0.05, 0) is 19.3 Å². The fourth-order valence-corrected chi connectivity index (χ4v) is 0.609. The van der Waals surface area contributed by atoms with Gasteiger partial charge in [-0.25, -0.2) is 4.79 Å². The summed E-state index contributed by atoms with van der Waals surface area (Å²) in [5, 5.41) is 24.1. The van der Waals surface area contributed by atoms with Crippen molar-refractivity contribution in [1.82, 2.24) is 0 Å². The van der Waals surface area contributed by atoms with Crippen LogP contribution in [0.2, 0.25) is 0 Å². The van der Waals surface area contributed by atoms with E-state index in [0.29, 0.717) is 12.3 Å². The van der Waals surface area contributed by atoms with Crippen LogP contribution in [-0.4, -0.2) is 39.4 Å². The van der Waals surface area contributed by atoms with Crippen LogP contribution >= 0.6 is 0 Å². The van der Waals surface area contributed by atoms with Crippen LogP contribution in [0, 0.1) is 5.92 Å². The predicted molar refractivity (Wildman–Crippen MR) is 54.4 cm³/mol. The number of hydrogen-bond acceptors (Lipinski definition) is 4. The van der Waals surface area contributed by atoms with Gasteiger partial charge in [0.15, 0.2) is 0 Å². The lowest BCUT2D eigenvalue weighted by molar-refractivity contribution is -0.145. The van der Waals surface area contributed by atoms with Crippen LogP contribution < -0.4 is 5.73 Å². The smallest absolute Gasteiger partial charge is 0.332 e. The van der Waals surface area contributed by atoms with Crippen molar-refractivity contribution in [2.24, 2.45) is 11.7 Å². The van der Waals surface area contributed by atoms with Crippen LogP contribution in [0.3, 0.4) is 0 Å². The summed E-state index contributed by atoms with van der Waals surface area (Å²) in [7, 11) is 0. The molecule has 15 heavy (non-hydrogen) atoms. The van der Waals surface area contributed by atoms with E-state index in [1.807, 2.05) is 13.8 Å².